The topological polar surface area (TPSA) is 75.3 Å². The van der Waals surface area contributed by atoms with Crippen LogP contribution in [0.4, 0.5) is 5.69 Å². The summed E-state index contributed by atoms with van der Waals surface area (Å²) in [6.07, 6.45) is 5.14. The zero-order chi connectivity index (χ0) is 19.1. The average Bonchev–Trinajstić information content (AvgIpc) is 3.19. The molecule has 1 saturated carbocycles. The summed E-state index contributed by atoms with van der Waals surface area (Å²) in [4.78, 5) is 12.7. The molecule has 1 fully saturated rings. The molecular weight excluding hydrogens is 380 g/mol. The number of rotatable bonds is 8. The summed E-state index contributed by atoms with van der Waals surface area (Å²) in [7, 11) is -3.74. The predicted octanol–water partition coefficient (Wildman–Crippen LogP) is 3.89. The van der Waals surface area contributed by atoms with E-state index in [2.05, 4.69) is 10.0 Å². The molecular formula is C20H24N2O3S2. The van der Waals surface area contributed by atoms with Gasteiger partial charge in [-0.25, -0.2) is 8.42 Å². The minimum absolute atomic E-state index is 0.160. The Morgan fingerprint density at radius 2 is 1.67 bits per heavy atom. The molecule has 2 aromatic carbocycles. The number of hydrogen-bond acceptors (Lipinski definition) is 4. The number of anilines is 1. The quantitative estimate of drug-likeness (QED) is 0.655. The van der Waals surface area contributed by atoms with E-state index >= 15 is 0 Å². The van der Waals surface area contributed by atoms with E-state index in [0.29, 0.717) is 17.4 Å². The number of para-hydroxylation sites is 1. The lowest BCUT2D eigenvalue weighted by Gasteiger charge is -2.13. The summed E-state index contributed by atoms with van der Waals surface area (Å²) in [6.45, 7) is 0.569. The van der Waals surface area contributed by atoms with Gasteiger partial charge < -0.3 is 5.32 Å². The number of benzene rings is 2. The fourth-order valence-electron chi connectivity index (χ4n) is 3.11. The minimum atomic E-state index is -3.74. The van der Waals surface area contributed by atoms with Crippen LogP contribution in [0.3, 0.4) is 0 Å². The molecule has 27 heavy (non-hydrogen) atoms. The summed E-state index contributed by atoms with van der Waals surface area (Å²) in [5.41, 5.74) is 0.602. The first-order valence-corrected chi connectivity index (χ1v) is 11.7. The summed E-state index contributed by atoms with van der Waals surface area (Å²) < 4.78 is 27.6. The number of carbonyl (C=O) groups excluding carboxylic acids is 1. The maximum Gasteiger partial charge on any atom is 0.261 e. The maximum atomic E-state index is 12.5. The maximum absolute atomic E-state index is 12.5. The zero-order valence-electron chi connectivity index (χ0n) is 15.1. The van der Waals surface area contributed by atoms with Gasteiger partial charge in [-0.2, -0.15) is 11.8 Å². The van der Waals surface area contributed by atoms with E-state index < -0.39 is 10.0 Å². The lowest BCUT2D eigenvalue weighted by atomic mass is 10.2. The second-order valence-corrected chi connectivity index (χ2v) is 9.59. The normalized spacial score (nSPS) is 14.8. The Morgan fingerprint density at radius 3 is 2.41 bits per heavy atom. The number of carbonyl (C=O) groups is 1. The molecule has 0 bridgehead atoms. The Bertz CT molecular complexity index is 864. The Kier molecular flexibility index (Phi) is 6.79. The van der Waals surface area contributed by atoms with Gasteiger partial charge in [0.15, 0.2) is 0 Å². The van der Waals surface area contributed by atoms with Gasteiger partial charge in [-0.1, -0.05) is 43.2 Å². The molecule has 0 radical (unpaired) electrons. The number of amides is 1. The molecule has 2 N–H and O–H groups in total. The van der Waals surface area contributed by atoms with Gasteiger partial charge in [0.25, 0.3) is 15.9 Å². The van der Waals surface area contributed by atoms with Crippen LogP contribution < -0.4 is 10.0 Å². The van der Waals surface area contributed by atoms with Crippen molar-refractivity contribution < 1.29 is 13.2 Å². The number of thioether (sulfide) groups is 1. The van der Waals surface area contributed by atoms with Crippen LogP contribution in [-0.4, -0.2) is 31.9 Å². The summed E-state index contributed by atoms with van der Waals surface area (Å²) in [5.74, 6) is 0.599. The largest absolute Gasteiger partial charge is 0.351 e. The van der Waals surface area contributed by atoms with Gasteiger partial charge in [-0.3, -0.25) is 9.52 Å². The van der Waals surface area contributed by atoms with E-state index in [1.807, 2.05) is 11.8 Å². The van der Waals surface area contributed by atoms with Crippen molar-refractivity contribution in [3.63, 3.8) is 0 Å². The SMILES string of the molecule is O=C(NCCSC1CCCC1)c1ccccc1NS(=O)(=O)c1ccccc1. The monoisotopic (exact) mass is 404 g/mol. The van der Waals surface area contributed by atoms with Crippen molar-refractivity contribution in [1.29, 1.82) is 0 Å². The van der Waals surface area contributed by atoms with Crippen LogP contribution in [0.1, 0.15) is 36.0 Å². The summed E-state index contributed by atoms with van der Waals surface area (Å²) >= 11 is 1.91. The summed E-state index contributed by atoms with van der Waals surface area (Å²) in [6, 6.07) is 14.8. The number of sulfonamides is 1. The Labute approximate surface area is 165 Å². The van der Waals surface area contributed by atoms with E-state index in [9.17, 15) is 13.2 Å². The first-order chi connectivity index (χ1) is 13.1. The minimum Gasteiger partial charge on any atom is -0.351 e. The highest BCUT2D eigenvalue weighted by Crippen LogP contribution is 2.29. The molecule has 2 aromatic rings. The van der Waals surface area contributed by atoms with E-state index in [1.165, 1.54) is 37.8 Å². The molecule has 0 saturated heterocycles. The van der Waals surface area contributed by atoms with Crippen molar-refractivity contribution >= 4 is 33.4 Å². The molecule has 0 heterocycles. The van der Waals surface area contributed by atoms with Crippen LogP contribution in [0.25, 0.3) is 0 Å². The molecule has 0 aromatic heterocycles. The predicted molar refractivity (Wildman–Crippen MR) is 111 cm³/mol. The van der Waals surface area contributed by atoms with Crippen LogP contribution in [0, 0.1) is 0 Å². The second-order valence-electron chi connectivity index (χ2n) is 6.50. The van der Waals surface area contributed by atoms with Crippen LogP contribution >= 0.6 is 11.8 Å². The third-order valence-corrected chi connectivity index (χ3v) is 7.28. The molecule has 1 aliphatic rings. The first kappa shape index (κ1) is 19.8. The molecule has 0 spiro atoms. The Hall–Kier alpha value is -1.99. The van der Waals surface area contributed by atoms with Crippen LogP contribution in [0.2, 0.25) is 0 Å². The molecule has 144 valence electrons. The lowest BCUT2D eigenvalue weighted by molar-refractivity contribution is 0.0957. The van der Waals surface area contributed by atoms with E-state index in [0.717, 1.165) is 5.75 Å². The van der Waals surface area contributed by atoms with Crippen molar-refractivity contribution in [2.24, 2.45) is 0 Å². The molecule has 1 aliphatic carbocycles. The fraction of sp³-hybridized carbons (Fsp3) is 0.350. The van der Waals surface area contributed by atoms with Gasteiger partial charge in [-0.15, -0.1) is 0 Å². The highest BCUT2D eigenvalue weighted by molar-refractivity contribution is 7.99. The standard InChI is InChI=1S/C20H24N2O3S2/c23-20(21-14-15-26-16-8-4-5-9-16)18-12-6-7-13-19(18)22-27(24,25)17-10-2-1-3-11-17/h1-3,6-7,10-13,16,22H,4-5,8-9,14-15H2,(H,21,23). The number of hydrogen-bond donors (Lipinski definition) is 2. The fourth-order valence-corrected chi connectivity index (χ4v) is 5.43. The molecule has 1 amide bonds. The second kappa shape index (κ2) is 9.28. The van der Waals surface area contributed by atoms with Crippen molar-refractivity contribution in [1.82, 2.24) is 5.32 Å². The molecule has 0 atom stereocenters. The first-order valence-electron chi connectivity index (χ1n) is 9.13. The van der Waals surface area contributed by atoms with Crippen LogP contribution in [0.15, 0.2) is 59.5 Å². The van der Waals surface area contributed by atoms with Gasteiger partial charge in [0.2, 0.25) is 0 Å². The van der Waals surface area contributed by atoms with Gasteiger partial charge >= 0.3 is 0 Å². The zero-order valence-corrected chi connectivity index (χ0v) is 16.7. The molecule has 3 rings (SSSR count). The van der Waals surface area contributed by atoms with Crippen molar-refractivity contribution in [3.05, 3.63) is 60.2 Å². The Balaban J connectivity index is 1.62. The van der Waals surface area contributed by atoms with Crippen LogP contribution in [0.5, 0.6) is 0 Å². The third-order valence-electron chi connectivity index (χ3n) is 4.51. The van der Waals surface area contributed by atoms with Gasteiger partial charge in [-0.05, 0) is 37.1 Å². The van der Waals surface area contributed by atoms with Crippen molar-refractivity contribution in [2.75, 3.05) is 17.0 Å². The van der Waals surface area contributed by atoms with Crippen LogP contribution in [-0.2, 0) is 10.0 Å². The van der Waals surface area contributed by atoms with Crippen molar-refractivity contribution in [2.45, 2.75) is 35.8 Å². The van der Waals surface area contributed by atoms with Gasteiger partial charge in [0.1, 0.15) is 0 Å². The molecule has 5 nitrogen and oxygen atoms in total. The molecule has 7 heteroatoms. The molecule has 0 unspecified atom stereocenters. The summed E-state index contributed by atoms with van der Waals surface area (Å²) in [5, 5.41) is 3.61. The smallest absolute Gasteiger partial charge is 0.261 e. The molecule has 0 aliphatic heterocycles. The number of nitrogens with one attached hydrogen (secondary N) is 2. The van der Waals surface area contributed by atoms with E-state index in [-0.39, 0.29) is 16.5 Å². The van der Waals surface area contributed by atoms with Gasteiger partial charge in [0.05, 0.1) is 16.1 Å². The van der Waals surface area contributed by atoms with Crippen molar-refractivity contribution in [3.8, 4) is 0 Å². The van der Waals surface area contributed by atoms with E-state index in [1.54, 1.807) is 42.5 Å². The third kappa shape index (κ3) is 5.49. The Morgan fingerprint density at radius 1 is 1.00 bits per heavy atom. The highest BCUT2D eigenvalue weighted by atomic mass is 32.2. The highest BCUT2D eigenvalue weighted by Gasteiger charge is 2.19. The van der Waals surface area contributed by atoms with Gasteiger partial charge in [0, 0.05) is 17.5 Å². The average molecular weight is 405 g/mol. The van der Waals surface area contributed by atoms with E-state index in [4.69, 9.17) is 0 Å². The lowest BCUT2D eigenvalue weighted by Crippen LogP contribution is -2.27.